The number of ether oxygens (including phenoxy) is 6. The van der Waals surface area contributed by atoms with Gasteiger partial charge < -0.3 is 28.4 Å². The van der Waals surface area contributed by atoms with E-state index in [4.69, 9.17) is 28.4 Å². The molecule has 0 saturated carbocycles. The maximum Gasteiger partial charge on any atom is 0.162 e. The lowest BCUT2D eigenvalue weighted by Crippen LogP contribution is -2.33. The van der Waals surface area contributed by atoms with Crippen LogP contribution in [-0.4, -0.2) is 12.7 Å². The highest BCUT2D eigenvalue weighted by Crippen LogP contribution is 2.45. The lowest BCUT2D eigenvalue weighted by Gasteiger charge is -2.35. The zero-order valence-corrected chi connectivity index (χ0v) is 31.6. The quantitative estimate of drug-likeness (QED) is 0.0772. The van der Waals surface area contributed by atoms with Gasteiger partial charge in [0.2, 0.25) is 0 Å². The Kier molecular flexibility index (Phi) is 13.4. The van der Waals surface area contributed by atoms with Crippen LogP contribution in [0.1, 0.15) is 72.1 Å². The molecule has 0 N–H and O–H groups in total. The van der Waals surface area contributed by atoms with E-state index in [0.29, 0.717) is 56.7 Å². The van der Waals surface area contributed by atoms with Crippen LogP contribution in [0.2, 0.25) is 0 Å². The van der Waals surface area contributed by atoms with Gasteiger partial charge in [-0.3, -0.25) is 0 Å². The molecule has 2 atom stereocenters. The number of benzene rings is 6. The average molecular weight is 735 g/mol. The van der Waals surface area contributed by atoms with E-state index < -0.39 is 6.10 Å². The molecule has 0 aromatic heterocycles. The Labute approximate surface area is 325 Å². The van der Waals surface area contributed by atoms with Crippen LogP contribution >= 0.6 is 0 Å². The summed E-state index contributed by atoms with van der Waals surface area (Å²) in [5.41, 5.74) is 6.24. The topological polar surface area (TPSA) is 55.4 Å². The van der Waals surface area contributed by atoms with E-state index in [1.54, 1.807) is 0 Å². The maximum atomic E-state index is 7.00. The predicted octanol–water partition coefficient (Wildman–Crippen LogP) is 11.6. The number of unbranched alkanes of at least 4 members (excludes halogenated alkanes) is 3. The molecular formula is C49H50O6. The Morgan fingerprint density at radius 3 is 1.60 bits per heavy atom. The average Bonchev–Trinajstić information content (AvgIpc) is 3.24. The van der Waals surface area contributed by atoms with Crippen molar-refractivity contribution in [2.75, 3.05) is 6.61 Å². The fraction of sp³-hybridized carbons (Fsp3) is 0.265. The Bertz CT molecular complexity index is 2040. The molecule has 6 nitrogen and oxygen atoms in total. The van der Waals surface area contributed by atoms with E-state index in [1.165, 1.54) is 12.8 Å². The van der Waals surface area contributed by atoms with Crippen molar-refractivity contribution in [3.05, 3.63) is 185 Å². The molecule has 6 aromatic rings. The minimum atomic E-state index is -0.410. The fourth-order valence-electron chi connectivity index (χ4n) is 6.71. The normalized spacial score (nSPS) is 14.7. The molecule has 1 aliphatic heterocycles. The third-order valence-electron chi connectivity index (χ3n) is 9.72. The van der Waals surface area contributed by atoms with Gasteiger partial charge in [0.25, 0.3) is 0 Å². The van der Waals surface area contributed by atoms with E-state index >= 15 is 0 Å². The van der Waals surface area contributed by atoms with Crippen LogP contribution in [0, 0.1) is 0 Å². The van der Waals surface area contributed by atoms with Crippen molar-refractivity contribution in [2.24, 2.45) is 0 Å². The van der Waals surface area contributed by atoms with Crippen molar-refractivity contribution in [2.45, 2.75) is 77.7 Å². The molecule has 282 valence electrons. The fourth-order valence-corrected chi connectivity index (χ4v) is 6.71. The van der Waals surface area contributed by atoms with E-state index in [9.17, 15) is 0 Å². The number of fused-ring (bicyclic) bond motifs is 1. The Balaban J connectivity index is 1.21. The van der Waals surface area contributed by atoms with E-state index in [2.05, 4.69) is 67.6 Å². The molecule has 6 aromatic carbocycles. The van der Waals surface area contributed by atoms with Crippen LogP contribution in [-0.2, 0) is 37.6 Å². The zero-order valence-electron chi connectivity index (χ0n) is 31.6. The molecule has 1 heterocycles. The largest absolute Gasteiger partial charge is 0.489 e. The highest BCUT2D eigenvalue weighted by molar-refractivity contribution is 5.53. The van der Waals surface area contributed by atoms with Crippen LogP contribution in [0.25, 0.3) is 0 Å². The van der Waals surface area contributed by atoms with Gasteiger partial charge >= 0.3 is 0 Å². The minimum absolute atomic E-state index is 0.262. The van der Waals surface area contributed by atoms with Crippen molar-refractivity contribution in [3.63, 3.8) is 0 Å². The molecule has 0 amide bonds. The van der Waals surface area contributed by atoms with Crippen LogP contribution in [0.3, 0.4) is 0 Å². The van der Waals surface area contributed by atoms with Gasteiger partial charge in [-0.2, -0.15) is 0 Å². The summed E-state index contributed by atoms with van der Waals surface area (Å²) in [6.45, 7) is 4.56. The number of rotatable bonds is 19. The van der Waals surface area contributed by atoms with Crippen LogP contribution in [0.15, 0.2) is 152 Å². The molecule has 0 bridgehead atoms. The molecule has 6 heteroatoms. The first-order valence-electron chi connectivity index (χ1n) is 19.5. The minimum Gasteiger partial charge on any atom is -0.489 e. The van der Waals surface area contributed by atoms with Crippen molar-refractivity contribution in [1.82, 2.24) is 0 Å². The maximum absolute atomic E-state index is 7.00. The molecule has 55 heavy (non-hydrogen) atoms. The summed E-state index contributed by atoms with van der Waals surface area (Å²) in [7, 11) is 0. The van der Waals surface area contributed by atoms with Gasteiger partial charge in [-0.25, -0.2) is 0 Å². The van der Waals surface area contributed by atoms with Gasteiger partial charge in [0.1, 0.15) is 49.8 Å². The molecular weight excluding hydrogens is 685 g/mol. The summed E-state index contributed by atoms with van der Waals surface area (Å²) < 4.78 is 39.5. The first kappa shape index (κ1) is 37.6. The highest BCUT2D eigenvalue weighted by atomic mass is 16.5. The molecule has 0 radical (unpaired) electrons. The van der Waals surface area contributed by atoms with Gasteiger partial charge in [0.05, 0.1) is 0 Å². The standard InChI is InChI=1S/C49H50O6/c1-2-3-4-17-28-50-48-32-43-45(53-35-39-22-13-7-14-23-39)30-42(51-33-37-18-9-5-10-19-37)31-46(43)55-49(48)41-26-27-44(52-34-38-20-11-6-12-21-38)47(29-41)54-36-40-24-15-8-16-25-40/h5-16,18-27,29-31,48-49H,2-4,17,28,32-36H2,1H3/t48-,49+/m0/s1. The first-order valence-corrected chi connectivity index (χ1v) is 19.5. The summed E-state index contributed by atoms with van der Waals surface area (Å²) in [6, 6.07) is 50.8. The van der Waals surface area contributed by atoms with Crippen molar-refractivity contribution in [3.8, 4) is 28.7 Å². The Hall–Kier alpha value is -5.72. The molecule has 0 spiro atoms. The number of hydrogen-bond donors (Lipinski definition) is 0. The monoisotopic (exact) mass is 734 g/mol. The smallest absolute Gasteiger partial charge is 0.162 e. The summed E-state index contributed by atoms with van der Waals surface area (Å²) in [4.78, 5) is 0. The summed E-state index contributed by atoms with van der Waals surface area (Å²) in [5.74, 6) is 3.46. The van der Waals surface area contributed by atoms with E-state index in [0.717, 1.165) is 57.7 Å². The van der Waals surface area contributed by atoms with Crippen molar-refractivity contribution in [1.29, 1.82) is 0 Å². The second-order valence-electron chi connectivity index (χ2n) is 13.9. The highest BCUT2D eigenvalue weighted by Gasteiger charge is 2.35. The van der Waals surface area contributed by atoms with Gasteiger partial charge in [-0.05, 0) is 46.4 Å². The van der Waals surface area contributed by atoms with Crippen LogP contribution < -0.4 is 23.7 Å². The van der Waals surface area contributed by atoms with E-state index in [-0.39, 0.29) is 6.10 Å². The van der Waals surface area contributed by atoms with Crippen LogP contribution in [0.5, 0.6) is 28.7 Å². The molecule has 0 aliphatic carbocycles. The van der Waals surface area contributed by atoms with Crippen LogP contribution in [0.4, 0.5) is 0 Å². The third kappa shape index (κ3) is 10.7. The van der Waals surface area contributed by atoms with Gasteiger partial charge in [0, 0.05) is 30.7 Å². The SMILES string of the molecule is CCCCCCO[C@H]1Cc2c(OCc3ccccc3)cc(OCc3ccccc3)cc2O[C@@H]1c1ccc(OCc2ccccc2)c(OCc2ccccc2)c1. The van der Waals surface area contributed by atoms with Gasteiger partial charge in [0.15, 0.2) is 17.6 Å². The molecule has 7 rings (SSSR count). The number of hydrogen-bond acceptors (Lipinski definition) is 6. The first-order chi connectivity index (χ1) is 27.2. The second kappa shape index (κ2) is 19.6. The predicted molar refractivity (Wildman–Crippen MR) is 217 cm³/mol. The lowest BCUT2D eigenvalue weighted by atomic mass is 9.93. The Morgan fingerprint density at radius 2 is 1.04 bits per heavy atom. The van der Waals surface area contributed by atoms with Gasteiger partial charge in [-0.15, -0.1) is 0 Å². The van der Waals surface area contributed by atoms with Gasteiger partial charge in [-0.1, -0.05) is 154 Å². The summed E-state index contributed by atoms with van der Waals surface area (Å²) in [6.07, 6.45) is 4.42. The molecule has 0 unspecified atom stereocenters. The molecule has 0 fully saturated rings. The van der Waals surface area contributed by atoms with E-state index in [1.807, 2.05) is 91.0 Å². The summed E-state index contributed by atoms with van der Waals surface area (Å²) in [5, 5.41) is 0. The second-order valence-corrected chi connectivity index (χ2v) is 13.9. The molecule has 1 aliphatic rings. The van der Waals surface area contributed by atoms with Crippen molar-refractivity contribution >= 4 is 0 Å². The summed E-state index contributed by atoms with van der Waals surface area (Å²) >= 11 is 0. The lowest BCUT2D eigenvalue weighted by molar-refractivity contribution is -0.0395. The van der Waals surface area contributed by atoms with Crippen molar-refractivity contribution < 1.29 is 28.4 Å². The zero-order chi connectivity index (χ0) is 37.5. The Morgan fingerprint density at radius 1 is 0.509 bits per heavy atom. The third-order valence-corrected chi connectivity index (χ3v) is 9.72. The molecule has 0 saturated heterocycles.